The highest BCUT2D eigenvalue weighted by Gasteiger charge is 2.35. The average molecular weight is 236 g/mol. The maximum absolute atomic E-state index is 14.9. The van der Waals surface area contributed by atoms with Crippen molar-refractivity contribution in [2.24, 2.45) is 5.73 Å². The molecule has 1 aliphatic heterocycles. The molecule has 3 N–H and O–H groups in total. The van der Waals surface area contributed by atoms with Crippen LogP contribution in [0.15, 0.2) is 24.3 Å². The number of piperidine rings is 1. The molecule has 0 aliphatic carbocycles. The van der Waals surface area contributed by atoms with Gasteiger partial charge in [-0.2, -0.15) is 0 Å². The molecule has 0 spiro atoms. The Morgan fingerprint density at radius 3 is 2.65 bits per heavy atom. The summed E-state index contributed by atoms with van der Waals surface area (Å²) < 4.78 is 14.9. The molecule has 1 aromatic carbocycles. The second kappa shape index (κ2) is 5.15. The minimum atomic E-state index is -1.17. The third-order valence-corrected chi connectivity index (χ3v) is 3.44. The lowest BCUT2D eigenvalue weighted by Crippen LogP contribution is -2.37. The van der Waals surface area contributed by atoms with Crippen molar-refractivity contribution in [3.05, 3.63) is 35.4 Å². The summed E-state index contributed by atoms with van der Waals surface area (Å²) in [5.41, 5.74) is 6.57. The summed E-state index contributed by atoms with van der Waals surface area (Å²) in [5, 5.41) is 3.21. The maximum Gasteiger partial charge on any atom is 0.138 e. The molecule has 3 heteroatoms. The van der Waals surface area contributed by atoms with E-state index in [2.05, 4.69) is 5.32 Å². The molecule has 0 saturated carbocycles. The van der Waals surface area contributed by atoms with Gasteiger partial charge in [0.05, 0.1) is 0 Å². The summed E-state index contributed by atoms with van der Waals surface area (Å²) in [6.45, 7) is 3.47. The van der Waals surface area contributed by atoms with Gasteiger partial charge in [-0.05, 0) is 50.4 Å². The van der Waals surface area contributed by atoms with E-state index >= 15 is 0 Å². The first-order chi connectivity index (χ1) is 8.12. The normalized spacial score (nSPS) is 21.1. The minimum Gasteiger partial charge on any atom is -0.328 e. The molecule has 1 atom stereocenters. The second-order valence-corrected chi connectivity index (χ2v) is 5.05. The van der Waals surface area contributed by atoms with Crippen LogP contribution in [0, 0.1) is 0 Å². The van der Waals surface area contributed by atoms with Crippen molar-refractivity contribution in [1.29, 1.82) is 0 Å². The fourth-order valence-corrected chi connectivity index (χ4v) is 2.57. The van der Waals surface area contributed by atoms with Crippen molar-refractivity contribution in [2.45, 2.75) is 37.9 Å². The molecule has 0 radical (unpaired) electrons. The van der Waals surface area contributed by atoms with Gasteiger partial charge in [-0.1, -0.05) is 24.3 Å². The Bertz CT molecular complexity index is 370. The lowest BCUT2D eigenvalue weighted by molar-refractivity contribution is 0.114. The van der Waals surface area contributed by atoms with Gasteiger partial charge in [0, 0.05) is 6.04 Å². The van der Waals surface area contributed by atoms with Crippen LogP contribution in [0.25, 0.3) is 0 Å². The molecule has 1 aromatic rings. The molecular formula is C14H21FN2. The van der Waals surface area contributed by atoms with E-state index in [0.717, 1.165) is 30.6 Å². The van der Waals surface area contributed by atoms with Crippen LogP contribution < -0.4 is 11.1 Å². The molecule has 1 fully saturated rings. The Morgan fingerprint density at radius 1 is 1.35 bits per heavy atom. The number of halogens is 1. The minimum absolute atomic E-state index is 0.0708. The molecule has 0 bridgehead atoms. The summed E-state index contributed by atoms with van der Waals surface area (Å²) in [7, 11) is 0. The fourth-order valence-electron chi connectivity index (χ4n) is 2.57. The lowest BCUT2D eigenvalue weighted by Gasteiger charge is -2.32. The molecule has 1 aliphatic rings. The van der Waals surface area contributed by atoms with Crippen molar-refractivity contribution in [1.82, 2.24) is 5.32 Å². The number of benzene rings is 1. The van der Waals surface area contributed by atoms with E-state index in [1.807, 2.05) is 31.2 Å². The second-order valence-electron chi connectivity index (χ2n) is 5.05. The number of nitrogens with two attached hydrogens (primary N) is 1. The summed E-state index contributed by atoms with van der Waals surface area (Å²) in [6, 6.07) is 7.88. The van der Waals surface area contributed by atoms with Crippen LogP contribution in [-0.2, 0) is 12.1 Å². The molecule has 0 aromatic heterocycles. The Morgan fingerprint density at radius 2 is 2.00 bits per heavy atom. The molecule has 94 valence electrons. The van der Waals surface area contributed by atoms with Crippen molar-refractivity contribution in [2.75, 3.05) is 13.1 Å². The average Bonchev–Trinajstić information content (AvgIpc) is 2.30. The molecule has 17 heavy (non-hydrogen) atoms. The summed E-state index contributed by atoms with van der Waals surface area (Å²) in [6.07, 6.45) is 1.86. The first-order valence-corrected chi connectivity index (χ1v) is 6.35. The zero-order valence-corrected chi connectivity index (χ0v) is 10.4. The third kappa shape index (κ3) is 2.85. The third-order valence-electron chi connectivity index (χ3n) is 3.44. The first kappa shape index (κ1) is 12.5. The van der Waals surface area contributed by atoms with Gasteiger partial charge in [0.15, 0.2) is 0 Å². The number of hydrogen-bond donors (Lipinski definition) is 2. The SMILES string of the molecule is CC(N)Cc1ccccc1C1(F)CCNCC1. The van der Waals surface area contributed by atoms with Crippen molar-refractivity contribution >= 4 is 0 Å². The van der Waals surface area contributed by atoms with E-state index in [1.54, 1.807) is 0 Å². The predicted octanol–water partition coefficient (Wildman–Crippen LogP) is 2.12. The molecular weight excluding hydrogens is 215 g/mol. The highest BCUT2D eigenvalue weighted by Crippen LogP contribution is 2.37. The van der Waals surface area contributed by atoms with E-state index in [1.165, 1.54) is 0 Å². The van der Waals surface area contributed by atoms with Gasteiger partial charge in [-0.25, -0.2) is 4.39 Å². The monoisotopic (exact) mass is 236 g/mol. The Balaban J connectivity index is 2.29. The van der Waals surface area contributed by atoms with Crippen LogP contribution >= 0.6 is 0 Å². The van der Waals surface area contributed by atoms with Gasteiger partial charge in [0.25, 0.3) is 0 Å². The van der Waals surface area contributed by atoms with Crippen LogP contribution in [0.2, 0.25) is 0 Å². The van der Waals surface area contributed by atoms with Crippen molar-refractivity contribution in [3.63, 3.8) is 0 Å². The number of alkyl halides is 1. The van der Waals surface area contributed by atoms with Crippen LogP contribution in [0.3, 0.4) is 0 Å². The Labute approximate surface area is 102 Å². The van der Waals surface area contributed by atoms with Gasteiger partial charge in [0.2, 0.25) is 0 Å². The van der Waals surface area contributed by atoms with Crippen LogP contribution in [0.1, 0.15) is 30.9 Å². The smallest absolute Gasteiger partial charge is 0.138 e. The summed E-state index contributed by atoms with van der Waals surface area (Å²) in [5.74, 6) is 0. The van der Waals surface area contributed by atoms with E-state index in [0.29, 0.717) is 12.8 Å². The Hall–Kier alpha value is -0.930. The van der Waals surface area contributed by atoms with E-state index < -0.39 is 5.67 Å². The molecule has 1 unspecified atom stereocenters. The van der Waals surface area contributed by atoms with Crippen molar-refractivity contribution < 1.29 is 4.39 Å². The predicted molar refractivity (Wildman–Crippen MR) is 68.7 cm³/mol. The molecule has 1 heterocycles. The molecule has 2 rings (SSSR count). The number of nitrogens with one attached hydrogen (secondary N) is 1. The van der Waals surface area contributed by atoms with Gasteiger partial charge < -0.3 is 11.1 Å². The molecule has 1 saturated heterocycles. The molecule has 0 amide bonds. The topological polar surface area (TPSA) is 38.0 Å². The zero-order chi connectivity index (χ0) is 12.3. The van der Waals surface area contributed by atoms with Gasteiger partial charge in [0.1, 0.15) is 5.67 Å². The van der Waals surface area contributed by atoms with Gasteiger partial charge >= 0.3 is 0 Å². The largest absolute Gasteiger partial charge is 0.328 e. The summed E-state index contributed by atoms with van der Waals surface area (Å²) >= 11 is 0. The highest BCUT2D eigenvalue weighted by molar-refractivity contribution is 5.33. The van der Waals surface area contributed by atoms with Gasteiger partial charge in [-0.3, -0.25) is 0 Å². The number of hydrogen-bond acceptors (Lipinski definition) is 2. The highest BCUT2D eigenvalue weighted by atomic mass is 19.1. The quantitative estimate of drug-likeness (QED) is 0.843. The van der Waals surface area contributed by atoms with Gasteiger partial charge in [-0.15, -0.1) is 0 Å². The lowest BCUT2D eigenvalue weighted by atomic mass is 9.83. The van der Waals surface area contributed by atoms with E-state index in [9.17, 15) is 4.39 Å². The van der Waals surface area contributed by atoms with Crippen LogP contribution in [0.4, 0.5) is 4.39 Å². The first-order valence-electron chi connectivity index (χ1n) is 6.35. The zero-order valence-electron chi connectivity index (χ0n) is 10.4. The van der Waals surface area contributed by atoms with Crippen LogP contribution in [-0.4, -0.2) is 19.1 Å². The summed E-state index contributed by atoms with van der Waals surface area (Å²) in [4.78, 5) is 0. The Kier molecular flexibility index (Phi) is 3.79. The fraction of sp³-hybridized carbons (Fsp3) is 0.571. The van der Waals surface area contributed by atoms with Crippen LogP contribution in [0.5, 0.6) is 0 Å². The number of rotatable bonds is 3. The molecule has 2 nitrogen and oxygen atoms in total. The maximum atomic E-state index is 14.9. The van der Waals surface area contributed by atoms with Crippen molar-refractivity contribution in [3.8, 4) is 0 Å². The standard InChI is InChI=1S/C14H21FN2/c1-11(16)10-12-4-2-3-5-13(12)14(15)6-8-17-9-7-14/h2-5,11,17H,6-10,16H2,1H3. The van der Waals surface area contributed by atoms with E-state index in [-0.39, 0.29) is 6.04 Å². The van der Waals surface area contributed by atoms with E-state index in [4.69, 9.17) is 5.73 Å².